The molecule has 3 nitrogen and oxygen atoms in total. The Morgan fingerprint density at radius 3 is 2.44 bits per heavy atom. The highest BCUT2D eigenvalue weighted by molar-refractivity contribution is 6.30. The van der Waals surface area contributed by atoms with E-state index in [1.807, 2.05) is 6.07 Å². The van der Waals surface area contributed by atoms with E-state index in [-0.39, 0.29) is 0 Å². The molecule has 1 N–H and O–H groups in total. The second-order valence-corrected chi connectivity index (χ2v) is 4.09. The molecule has 0 aromatic carbocycles. The highest BCUT2D eigenvalue weighted by Gasteiger charge is 2.28. The number of nitrogens with zero attached hydrogens (tertiary/aromatic N) is 2. The second-order valence-electron chi connectivity index (χ2n) is 3.65. The molecule has 0 fully saturated rings. The zero-order chi connectivity index (χ0) is 11.6. The maximum atomic E-state index is 10.4. The van der Waals surface area contributed by atoms with Gasteiger partial charge in [-0.25, -0.2) is 0 Å². The van der Waals surface area contributed by atoms with E-state index >= 15 is 0 Å². The number of hydrogen-bond donors (Lipinski definition) is 1. The summed E-state index contributed by atoms with van der Waals surface area (Å²) in [5.41, 5.74) is -0.119. The molecule has 0 spiro atoms. The molecule has 4 heteroatoms. The smallest absolute Gasteiger partial charge is 0.145 e. The third kappa shape index (κ3) is 2.05. The van der Waals surface area contributed by atoms with E-state index in [1.54, 1.807) is 37.4 Å². The Kier molecular flexibility index (Phi) is 2.90. The fourth-order valence-corrected chi connectivity index (χ4v) is 1.56. The van der Waals surface area contributed by atoms with Gasteiger partial charge in [0.25, 0.3) is 0 Å². The summed E-state index contributed by atoms with van der Waals surface area (Å²) in [5, 5.41) is 10.9. The molecule has 2 aromatic heterocycles. The lowest BCUT2D eigenvalue weighted by molar-refractivity contribution is 0.0926. The SMILES string of the molecule is CC(O)(c1ccccn1)c1ccc(Cl)cn1. The molecule has 2 heterocycles. The van der Waals surface area contributed by atoms with E-state index in [0.717, 1.165) is 0 Å². The molecule has 0 aliphatic carbocycles. The van der Waals surface area contributed by atoms with Crippen LogP contribution in [0.5, 0.6) is 0 Å². The molecule has 0 radical (unpaired) electrons. The van der Waals surface area contributed by atoms with Crippen molar-refractivity contribution in [2.45, 2.75) is 12.5 Å². The molecular formula is C12H11ClN2O. The predicted octanol–water partition coefficient (Wildman–Crippen LogP) is 2.39. The van der Waals surface area contributed by atoms with Crippen molar-refractivity contribution in [3.05, 3.63) is 59.1 Å². The number of rotatable bonds is 2. The van der Waals surface area contributed by atoms with Crippen LogP contribution in [-0.4, -0.2) is 15.1 Å². The molecule has 2 aromatic rings. The molecule has 0 saturated heterocycles. The van der Waals surface area contributed by atoms with Crippen molar-refractivity contribution in [3.8, 4) is 0 Å². The lowest BCUT2D eigenvalue weighted by Gasteiger charge is -2.21. The Morgan fingerprint density at radius 2 is 1.88 bits per heavy atom. The molecule has 0 aliphatic rings. The third-order valence-corrected chi connectivity index (χ3v) is 2.61. The minimum Gasteiger partial charge on any atom is -0.377 e. The third-order valence-electron chi connectivity index (χ3n) is 2.39. The molecular weight excluding hydrogens is 224 g/mol. The van der Waals surface area contributed by atoms with Crippen molar-refractivity contribution in [2.75, 3.05) is 0 Å². The van der Waals surface area contributed by atoms with Crippen molar-refractivity contribution < 1.29 is 5.11 Å². The van der Waals surface area contributed by atoms with Crippen molar-refractivity contribution in [1.82, 2.24) is 9.97 Å². The van der Waals surface area contributed by atoms with Crippen LogP contribution in [-0.2, 0) is 5.60 Å². The molecule has 1 atom stereocenters. The van der Waals surface area contributed by atoms with Crippen LogP contribution in [0.1, 0.15) is 18.3 Å². The van der Waals surface area contributed by atoms with Gasteiger partial charge in [0.2, 0.25) is 0 Å². The fourth-order valence-electron chi connectivity index (χ4n) is 1.45. The largest absolute Gasteiger partial charge is 0.377 e. The van der Waals surface area contributed by atoms with Crippen molar-refractivity contribution >= 4 is 11.6 Å². The number of hydrogen-bond acceptors (Lipinski definition) is 3. The van der Waals surface area contributed by atoms with Crippen LogP contribution in [0.25, 0.3) is 0 Å². The van der Waals surface area contributed by atoms with E-state index in [9.17, 15) is 5.11 Å². The van der Waals surface area contributed by atoms with Crippen molar-refractivity contribution in [1.29, 1.82) is 0 Å². The number of aromatic nitrogens is 2. The van der Waals surface area contributed by atoms with Crippen LogP contribution in [0, 0.1) is 0 Å². The van der Waals surface area contributed by atoms with Gasteiger partial charge in [-0.15, -0.1) is 0 Å². The number of pyridine rings is 2. The van der Waals surface area contributed by atoms with Crippen LogP contribution in [0.15, 0.2) is 42.7 Å². The van der Waals surface area contributed by atoms with Gasteiger partial charge in [-0.1, -0.05) is 17.7 Å². The first kappa shape index (κ1) is 11.0. The van der Waals surface area contributed by atoms with Crippen molar-refractivity contribution in [2.24, 2.45) is 0 Å². The van der Waals surface area contributed by atoms with E-state index < -0.39 is 5.60 Å². The van der Waals surface area contributed by atoms with Gasteiger partial charge in [0.05, 0.1) is 16.4 Å². The van der Waals surface area contributed by atoms with Gasteiger partial charge in [-0.2, -0.15) is 0 Å². The van der Waals surface area contributed by atoms with Crippen LogP contribution in [0.4, 0.5) is 0 Å². The highest BCUT2D eigenvalue weighted by Crippen LogP contribution is 2.26. The first-order chi connectivity index (χ1) is 7.60. The zero-order valence-corrected chi connectivity index (χ0v) is 9.52. The summed E-state index contributed by atoms with van der Waals surface area (Å²) >= 11 is 5.75. The summed E-state index contributed by atoms with van der Waals surface area (Å²) in [6.45, 7) is 1.66. The van der Waals surface area contributed by atoms with Gasteiger partial charge in [-0.05, 0) is 31.2 Å². The van der Waals surface area contributed by atoms with Gasteiger partial charge < -0.3 is 5.11 Å². The molecule has 16 heavy (non-hydrogen) atoms. The maximum Gasteiger partial charge on any atom is 0.145 e. The Hall–Kier alpha value is -1.45. The Balaban J connectivity index is 2.43. The van der Waals surface area contributed by atoms with Gasteiger partial charge >= 0.3 is 0 Å². The summed E-state index contributed by atoms with van der Waals surface area (Å²) in [7, 11) is 0. The van der Waals surface area contributed by atoms with Crippen LogP contribution < -0.4 is 0 Å². The Bertz CT molecular complexity index is 468. The normalized spacial score (nSPS) is 14.4. The Morgan fingerprint density at radius 1 is 1.12 bits per heavy atom. The molecule has 0 amide bonds. The van der Waals surface area contributed by atoms with Gasteiger partial charge in [0.15, 0.2) is 0 Å². The summed E-state index contributed by atoms with van der Waals surface area (Å²) in [4.78, 5) is 8.23. The molecule has 0 aliphatic heterocycles. The van der Waals surface area contributed by atoms with Crippen LogP contribution in [0.3, 0.4) is 0 Å². The first-order valence-electron chi connectivity index (χ1n) is 4.86. The summed E-state index contributed by atoms with van der Waals surface area (Å²) in [5.74, 6) is 0. The quantitative estimate of drug-likeness (QED) is 0.868. The molecule has 1 unspecified atom stereocenters. The predicted molar refractivity (Wildman–Crippen MR) is 62.2 cm³/mol. The first-order valence-corrected chi connectivity index (χ1v) is 5.24. The fraction of sp³-hybridized carbons (Fsp3) is 0.167. The molecule has 0 saturated carbocycles. The molecule has 2 rings (SSSR count). The average Bonchev–Trinajstić information content (AvgIpc) is 2.31. The maximum absolute atomic E-state index is 10.4. The topological polar surface area (TPSA) is 46.0 Å². The summed E-state index contributed by atoms with van der Waals surface area (Å²) in [6.07, 6.45) is 3.15. The summed E-state index contributed by atoms with van der Waals surface area (Å²) < 4.78 is 0. The van der Waals surface area contributed by atoms with Gasteiger partial charge in [0, 0.05) is 12.4 Å². The number of halogens is 1. The minimum absolute atomic E-state index is 0.524. The van der Waals surface area contributed by atoms with E-state index in [1.165, 1.54) is 6.20 Å². The minimum atomic E-state index is -1.20. The Labute approximate surface area is 98.8 Å². The van der Waals surface area contributed by atoms with Gasteiger partial charge in [-0.3, -0.25) is 9.97 Å². The van der Waals surface area contributed by atoms with E-state index in [2.05, 4.69) is 9.97 Å². The van der Waals surface area contributed by atoms with Gasteiger partial charge in [0.1, 0.15) is 5.60 Å². The van der Waals surface area contributed by atoms with E-state index in [4.69, 9.17) is 11.6 Å². The summed E-state index contributed by atoms with van der Waals surface area (Å²) in [6, 6.07) is 8.77. The monoisotopic (exact) mass is 234 g/mol. The average molecular weight is 235 g/mol. The second kappa shape index (κ2) is 4.20. The van der Waals surface area contributed by atoms with Crippen LogP contribution >= 0.6 is 11.6 Å². The lowest BCUT2D eigenvalue weighted by atomic mass is 9.97. The van der Waals surface area contributed by atoms with Crippen LogP contribution in [0.2, 0.25) is 5.02 Å². The highest BCUT2D eigenvalue weighted by atomic mass is 35.5. The molecule has 0 bridgehead atoms. The van der Waals surface area contributed by atoms with E-state index in [0.29, 0.717) is 16.4 Å². The lowest BCUT2D eigenvalue weighted by Crippen LogP contribution is -2.25. The van der Waals surface area contributed by atoms with Crippen molar-refractivity contribution in [3.63, 3.8) is 0 Å². The number of aliphatic hydroxyl groups is 1. The zero-order valence-electron chi connectivity index (χ0n) is 8.76. The standard InChI is InChI=1S/C12H11ClN2O/c1-12(16,10-4-2-3-7-14-10)11-6-5-9(13)8-15-11/h2-8,16H,1H3. The molecule has 82 valence electrons.